The van der Waals surface area contributed by atoms with Crippen LogP contribution in [0.15, 0.2) is 30.3 Å². The minimum Gasteiger partial charge on any atom is -0.374 e. The van der Waals surface area contributed by atoms with Crippen LogP contribution in [-0.2, 0) is 4.74 Å². The lowest BCUT2D eigenvalue weighted by Crippen LogP contribution is -1.99. The number of aromatic nitrogens is 2. The zero-order valence-corrected chi connectivity index (χ0v) is 12.0. The lowest BCUT2D eigenvalue weighted by molar-refractivity contribution is 0.0764. The highest BCUT2D eigenvalue weighted by molar-refractivity contribution is 5.55. The summed E-state index contributed by atoms with van der Waals surface area (Å²) in [6, 6.07) is 10.3. The van der Waals surface area contributed by atoms with Gasteiger partial charge in [-0.25, -0.2) is 9.97 Å². The zero-order chi connectivity index (χ0) is 13.8. The number of rotatable bonds is 4. The quantitative estimate of drug-likeness (QED) is 0.833. The van der Waals surface area contributed by atoms with Gasteiger partial charge >= 0.3 is 0 Å². The molecule has 0 saturated heterocycles. The van der Waals surface area contributed by atoms with Crippen molar-refractivity contribution in [2.45, 2.75) is 33.8 Å². The van der Waals surface area contributed by atoms with Gasteiger partial charge in [-0.15, -0.1) is 0 Å². The third-order valence-corrected chi connectivity index (χ3v) is 3.04. The van der Waals surface area contributed by atoms with Gasteiger partial charge in [-0.3, -0.25) is 0 Å². The van der Waals surface area contributed by atoms with Crippen molar-refractivity contribution in [3.63, 3.8) is 0 Å². The average Bonchev–Trinajstić information content (AvgIpc) is 2.38. The van der Waals surface area contributed by atoms with E-state index in [9.17, 15) is 0 Å². The first-order valence-electron chi connectivity index (χ1n) is 6.64. The summed E-state index contributed by atoms with van der Waals surface area (Å²) in [5.41, 5.74) is 4.21. The van der Waals surface area contributed by atoms with Gasteiger partial charge in [-0.2, -0.15) is 0 Å². The van der Waals surface area contributed by atoms with E-state index in [1.165, 1.54) is 5.56 Å². The monoisotopic (exact) mass is 256 g/mol. The van der Waals surface area contributed by atoms with Gasteiger partial charge in [0.2, 0.25) is 0 Å². The van der Waals surface area contributed by atoms with Gasteiger partial charge in [-0.05, 0) is 39.3 Å². The summed E-state index contributed by atoms with van der Waals surface area (Å²) in [5, 5.41) is 0. The van der Waals surface area contributed by atoms with Crippen molar-refractivity contribution in [2.24, 2.45) is 0 Å². The van der Waals surface area contributed by atoms with Crippen LogP contribution in [0.1, 0.15) is 36.9 Å². The predicted molar refractivity (Wildman–Crippen MR) is 77.0 cm³/mol. The topological polar surface area (TPSA) is 35.0 Å². The SMILES string of the molecule is CCO[C@H](C)c1ccc(-c2nc(C)cc(C)n2)cc1. The average molecular weight is 256 g/mol. The molecule has 3 nitrogen and oxygen atoms in total. The first-order chi connectivity index (χ1) is 9.10. The number of hydrogen-bond acceptors (Lipinski definition) is 3. The molecule has 2 aromatic rings. The van der Waals surface area contributed by atoms with Crippen LogP contribution in [0.4, 0.5) is 0 Å². The molecule has 0 fully saturated rings. The fourth-order valence-electron chi connectivity index (χ4n) is 2.10. The van der Waals surface area contributed by atoms with Crippen molar-refractivity contribution in [1.82, 2.24) is 9.97 Å². The van der Waals surface area contributed by atoms with E-state index in [4.69, 9.17) is 4.74 Å². The second-order valence-electron chi connectivity index (χ2n) is 4.69. The van der Waals surface area contributed by atoms with E-state index in [-0.39, 0.29) is 6.10 Å². The van der Waals surface area contributed by atoms with Crippen molar-refractivity contribution in [1.29, 1.82) is 0 Å². The van der Waals surface area contributed by atoms with Gasteiger partial charge in [0.25, 0.3) is 0 Å². The molecule has 0 saturated carbocycles. The van der Waals surface area contributed by atoms with Crippen LogP contribution in [0, 0.1) is 13.8 Å². The standard InChI is InChI=1S/C16H20N2O/c1-5-19-13(4)14-6-8-15(9-7-14)16-17-11(2)10-12(3)18-16/h6-10,13H,5H2,1-4H3/t13-/m1/s1. The second kappa shape index (κ2) is 5.93. The molecule has 0 N–H and O–H groups in total. The molecule has 1 heterocycles. The smallest absolute Gasteiger partial charge is 0.159 e. The molecule has 1 aromatic carbocycles. The molecule has 0 aliphatic heterocycles. The van der Waals surface area contributed by atoms with Gasteiger partial charge in [0.15, 0.2) is 5.82 Å². The molecule has 0 unspecified atom stereocenters. The molecule has 0 radical (unpaired) electrons. The second-order valence-corrected chi connectivity index (χ2v) is 4.69. The van der Waals surface area contributed by atoms with Crippen LogP contribution in [0.3, 0.4) is 0 Å². The van der Waals surface area contributed by atoms with E-state index >= 15 is 0 Å². The minimum atomic E-state index is 0.124. The fraction of sp³-hybridized carbons (Fsp3) is 0.375. The first-order valence-corrected chi connectivity index (χ1v) is 6.64. The summed E-state index contributed by atoms with van der Waals surface area (Å²) in [7, 11) is 0. The molecule has 3 heteroatoms. The molecule has 1 aromatic heterocycles. The number of benzene rings is 1. The summed E-state index contributed by atoms with van der Waals surface area (Å²) in [6.45, 7) is 8.77. The molecule has 1 atom stereocenters. The Labute approximate surface area is 114 Å². The third-order valence-electron chi connectivity index (χ3n) is 3.04. The molecule has 0 bridgehead atoms. The van der Waals surface area contributed by atoms with Crippen LogP contribution in [0.2, 0.25) is 0 Å². The van der Waals surface area contributed by atoms with E-state index in [0.717, 1.165) is 29.4 Å². The van der Waals surface area contributed by atoms with Crippen LogP contribution < -0.4 is 0 Å². The summed E-state index contributed by atoms with van der Waals surface area (Å²) in [4.78, 5) is 8.95. The van der Waals surface area contributed by atoms with Crippen molar-refractivity contribution in [3.05, 3.63) is 47.3 Å². The number of ether oxygens (including phenoxy) is 1. The summed E-state index contributed by atoms with van der Waals surface area (Å²) >= 11 is 0. The van der Waals surface area contributed by atoms with E-state index in [2.05, 4.69) is 41.2 Å². The normalized spacial score (nSPS) is 12.4. The number of hydrogen-bond donors (Lipinski definition) is 0. The predicted octanol–water partition coefficient (Wildman–Crippen LogP) is 3.86. The van der Waals surface area contributed by atoms with E-state index < -0.39 is 0 Å². The van der Waals surface area contributed by atoms with Crippen LogP contribution in [0.5, 0.6) is 0 Å². The Morgan fingerprint density at radius 1 is 1.05 bits per heavy atom. The highest BCUT2D eigenvalue weighted by Gasteiger charge is 2.07. The molecular formula is C16H20N2O. The van der Waals surface area contributed by atoms with Gasteiger partial charge < -0.3 is 4.74 Å². The lowest BCUT2D eigenvalue weighted by atomic mass is 10.1. The summed E-state index contributed by atoms with van der Waals surface area (Å²) in [5.74, 6) is 0.785. The Morgan fingerprint density at radius 3 is 2.16 bits per heavy atom. The van der Waals surface area contributed by atoms with Crippen LogP contribution in [0.25, 0.3) is 11.4 Å². The van der Waals surface area contributed by atoms with Gasteiger partial charge in [-0.1, -0.05) is 24.3 Å². The van der Waals surface area contributed by atoms with Crippen molar-refractivity contribution >= 4 is 0 Å². The maximum Gasteiger partial charge on any atom is 0.159 e. The zero-order valence-electron chi connectivity index (χ0n) is 12.0. The van der Waals surface area contributed by atoms with Crippen LogP contribution >= 0.6 is 0 Å². The molecule has 0 spiro atoms. The molecule has 0 aliphatic rings. The van der Waals surface area contributed by atoms with Crippen molar-refractivity contribution in [2.75, 3.05) is 6.61 Å². The number of aryl methyl sites for hydroxylation is 2. The van der Waals surface area contributed by atoms with Crippen molar-refractivity contribution < 1.29 is 4.74 Å². The molecule has 19 heavy (non-hydrogen) atoms. The van der Waals surface area contributed by atoms with Crippen molar-refractivity contribution in [3.8, 4) is 11.4 Å². The highest BCUT2D eigenvalue weighted by atomic mass is 16.5. The fourth-order valence-corrected chi connectivity index (χ4v) is 2.10. The largest absolute Gasteiger partial charge is 0.374 e. The Kier molecular flexibility index (Phi) is 4.27. The maximum absolute atomic E-state index is 5.58. The Hall–Kier alpha value is -1.74. The lowest BCUT2D eigenvalue weighted by Gasteiger charge is -2.12. The maximum atomic E-state index is 5.58. The van der Waals surface area contributed by atoms with E-state index in [1.54, 1.807) is 0 Å². The molecular weight excluding hydrogens is 236 g/mol. The van der Waals surface area contributed by atoms with Gasteiger partial charge in [0.1, 0.15) is 0 Å². The minimum absolute atomic E-state index is 0.124. The highest BCUT2D eigenvalue weighted by Crippen LogP contribution is 2.21. The third kappa shape index (κ3) is 3.38. The molecule has 0 amide bonds. The van der Waals surface area contributed by atoms with Crippen LogP contribution in [-0.4, -0.2) is 16.6 Å². The molecule has 0 aliphatic carbocycles. The summed E-state index contributed by atoms with van der Waals surface area (Å²) in [6.07, 6.45) is 0.124. The van der Waals surface area contributed by atoms with Gasteiger partial charge in [0.05, 0.1) is 6.10 Å². The molecule has 100 valence electrons. The Bertz CT molecular complexity index is 529. The van der Waals surface area contributed by atoms with E-state index in [1.807, 2.05) is 26.8 Å². The Balaban J connectivity index is 2.27. The summed E-state index contributed by atoms with van der Waals surface area (Å²) < 4.78 is 5.58. The number of nitrogens with zero attached hydrogens (tertiary/aromatic N) is 2. The molecule has 2 rings (SSSR count). The Morgan fingerprint density at radius 2 is 1.63 bits per heavy atom. The van der Waals surface area contributed by atoms with E-state index in [0.29, 0.717) is 0 Å². The first kappa shape index (κ1) is 13.7. The van der Waals surface area contributed by atoms with Gasteiger partial charge in [0, 0.05) is 23.6 Å².